The highest BCUT2D eigenvalue weighted by Crippen LogP contribution is 2.28. The van der Waals surface area contributed by atoms with E-state index >= 15 is 0 Å². The van der Waals surface area contributed by atoms with E-state index in [2.05, 4.69) is 5.32 Å². The van der Waals surface area contributed by atoms with Crippen LogP contribution in [-0.4, -0.2) is 35.1 Å². The number of carbonyl (C=O) groups is 2. The molecule has 2 aromatic carbocycles. The van der Waals surface area contributed by atoms with Crippen molar-refractivity contribution in [3.8, 4) is 0 Å². The fraction of sp³-hybridized carbons (Fsp3) is 0.417. The summed E-state index contributed by atoms with van der Waals surface area (Å²) in [4.78, 5) is 28.8. The first-order valence-corrected chi connectivity index (χ1v) is 12.7. The average molecular weight is 516 g/mol. The lowest BCUT2D eigenvalue weighted by Gasteiger charge is -2.31. The molecule has 8 heteroatoms. The number of halogens is 3. The minimum Gasteiger partial charge on any atom is -0.354 e. The van der Waals surface area contributed by atoms with Gasteiger partial charge in [-0.3, -0.25) is 9.59 Å². The van der Waals surface area contributed by atoms with Crippen LogP contribution in [0.2, 0.25) is 15.1 Å². The van der Waals surface area contributed by atoms with Crippen molar-refractivity contribution in [2.75, 3.05) is 12.3 Å². The summed E-state index contributed by atoms with van der Waals surface area (Å²) in [6.45, 7) is 6.69. The fourth-order valence-electron chi connectivity index (χ4n) is 3.13. The number of hydrogen-bond donors (Lipinski definition) is 1. The van der Waals surface area contributed by atoms with E-state index in [0.29, 0.717) is 45.3 Å². The van der Waals surface area contributed by atoms with Crippen molar-refractivity contribution in [1.82, 2.24) is 10.2 Å². The molecule has 0 unspecified atom stereocenters. The van der Waals surface area contributed by atoms with Crippen LogP contribution in [0.4, 0.5) is 0 Å². The van der Waals surface area contributed by atoms with E-state index in [-0.39, 0.29) is 24.8 Å². The molecule has 2 aromatic rings. The van der Waals surface area contributed by atoms with Crippen molar-refractivity contribution in [2.24, 2.45) is 5.92 Å². The zero-order valence-electron chi connectivity index (χ0n) is 18.5. The van der Waals surface area contributed by atoms with Crippen LogP contribution in [0.1, 0.15) is 39.2 Å². The normalized spacial score (nSPS) is 12.0. The molecule has 0 aliphatic heterocycles. The molecule has 0 heterocycles. The van der Waals surface area contributed by atoms with Crippen molar-refractivity contribution >= 4 is 58.4 Å². The van der Waals surface area contributed by atoms with Crippen molar-refractivity contribution in [1.29, 1.82) is 0 Å². The zero-order valence-corrected chi connectivity index (χ0v) is 21.6. The van der Waals surface area contributed by atoms with Gasteiger partial charge in [0.05, 0.1) is 0 Å². The van der Waals surface area contributed by atoms with Gasteiger partial charge in [-0.05, 0) is 48.7 Å². The van der Waals surface area contributed by atoms with Gasteiger partial charge in [-0.2, -0.15) is 0 Å². The van der Waals surface area contributed by atoms with E-state index < -0.39 is 6.04 Å². The Morgan fingerprint density at radius 1 is 1.03 bits per heavy atom. The maximum absolute atomic E-state index is 13.3. The predicted molar refractivity (Wildman–Crippen MR) is 136 cm³/mol. The summed E-state index contributed by atoms with van der Waals surface area (Å²) in [6, 6.07) is 12.1. The summed E-state index contributed by atoms with van der Waals surface area (Å²) in [5, 5.41) is 4.58. The van der Waals surface area contributed by atoms with Crippen molar-refractivity contribution in [3.05, 3.63) is 63.1 Å². The number of nitrogens with zero attached hydrogens (tertiary/aromatic N) is 1. The Morgan fingerprint density at radius 3 is 2.22 bits per heavy atom. The lowest BCUT2D eigenvalue weighted by Crippen LogP contribution is -2.49. The standard InChI is InChI=1S/C24H29Cl3N2O2S/c1-4-22(24(31)28-14-16(2)3)29(15-19-20(26)6-5-7-21(19)27)23(30)12-13-32-18-10-8-17(25)9-11-18/h5-11,16,22H,4,12-15H2,1-3H3,(H,28,31)/t22-/m1/s1. The molecule has 174 valence electrons. The number of amides is 2. The second kappa shape index (κ2) is 13.3. The molecule has 0 aliphatic carbocycles. The van der Waals surface area contributed by atoms with Crippen LogP contribution in [0.15, 0.2) is 47.4 Å². The Bertz CT molecular complexity index is 886. The Kier molecular flexibility index (Phi) is 11.2. The molecule has 0 aliphatic rings. The third kappa shape index (κ3) is 8.18. The molecule has 0 saturated carbocycles. The van der Waals surface area contributed by atoms with Crippen molar-refractivity contribution in [3.63, 3.8) is 0 Å². The van der Waals surface area contributed by atoms with E-state index in [4.69, 9.17) is 34.8 Å². The monoisotopic (exact) mass is 514 g/mol. The van der Waals surface area contributed by atoms with Gasteiger partial charge >= 0.3 is 0 Å². The lowest BCUT2D eigenvalue weighted by atomic mass is 10.1. The Balaban J connectivity index is 2.18. The summed E-state index contributed by atoms with van der Waals surface area (Å²) < 4.78 is 0. The van der Waals surface area contributed by atoms with Gasteiger partial charge in [-0.25, -0.2) is 0 Å². The van der Waals surface area contributed by atoms with Crippen LogP contribution in [0.3, 0.4) is 0 Å². The van der Waals surface area contributed by atoms with Crippen molar-refractivity contribution in [2.45, 2.75) is 51.1 Å². The van der Waals surface area contributed by atoms with Gasteiger partial charge in [0.15, 0.2) is 0 Å². The summed E-state index contributed by atoms with van der Waals surface area (Å²) >= 11 is 20.2. The molecule has 4 nitrogen and oxygen atoms in total. The van der Waals surface area contributed by atoms with Crippen LogP contribution in [0.5, 0.6) is 0 Å². The zero-order chi connectivity index (χ0) is 23.7. The molecule has 0 bridgehead atoms. The summed E-state index contributed by atoms with van der Waals surface area (Å²) in [5.74, 6) is 0.614. The number of thioether (sulfide) groups is 1. The van der Waals surface area contributed by atoms with Crippen LogP contribution in [0, 0.1) is 5.92 Å². The number of hydrogen-bond acceptors (Lipinski definition) is 3. The number of carbonyl (C=O) groups excluding carboxylic acids is 2. The Hall–Kier alpha value is -1.40. The van der Waals surface area contributed by atoms with Gasteiger partial charge in [0.2, 0.25) is 11.8 Å². The molecule has 0 saturated heterocycles. The summed E-state index contributed by atoms with van der Waals surface area (Å²) in [6.07, 6.45) is 0.769. The maximum Gasteiger partial charge on any atom is 0.242 e. The SMILES string of the molecule is CC[C@H](C(=O)NCC(C)C)N(Cc1c(Cl)cccc1Cl)C(=O)CCSc1ccc(Cl)cc1. The second-order valence-corrected chi connectivity index (χ2v) is 10.3. The third-order valence-corrected chi connectivity index (χ3v) is 6.83. The first kappa shape index (κ1) is 26.8. The topological polar surface area (TPSA) is 49.4 Å². The highest BCUT2D eigenvalue weighted by molar-refractivity contribution is 7.99. The van der Waals surface area contributed by atoms with Crippen LogP contribution in [-0.2, 0) is 16.1 Å². The summed E-state index contributed by atoms with van der Waals surface area (Å²) in [7, 11) is 0. The van der Waals surface area contributed by atoms with Gasteiger partial charge < -0.3 is 10.2 Å². The van der Waals surface area contributed by atoms with Gasteiger partial charge in [0.1, 0.15) is 6.04 Å². The molecule has 32 heavy (non-hydrogen) atoms. The fourth-order valence-corrected chi connectivity index (χ4v) is 4.61. The molecular weight excluding hydrogens is 487 g/mol. The highest BCUT2D eigenvalue weighted by atomic mass is 35.5. The third-order valence-electron chi connectivity index (χ3n) is 4.86. The number of nitrogens with one attached hydrogen (secondary N) is 1. The molecule has 0 radical (unpaired) electrons. The largest absolute Gasteiger partial charge is 0.354 e. The average Bonchev–Trinajstić information content (AvgIpc) is 2.75. The van der Waals surface area contributed by atoms with E-state index in [1.807, 2.05) is 45.0 Å². The van der Waals surface area contributed by atoms with E-state index in [1.165, 1.54) is 0 Å². The van der Waals surface area contributed by atoms with Crippen LogP contribution >= 0.6 is 46.6 Å². The Morgan fingerprint density at radius 2 is 1.66 bits per heavy atom. The Labute approximate surface area is 210 Å². The number of rotatable bonds is 11. The minimum absolute atomic E-state index is 0.117. The van der Waals surface area contributed by atoms with E-state index in [1.54, 1.807) is 34.9 Å². The van der Waals surface area contributed by atoms with Crippen LogP contribution in [0.25, 0.3) is 0 Å². The molecule has 0 fully saturated rings. The maximum atomic E-state index is 13.3. The van der Waals surface area contributed by atoms with Gasteiger partial charge in [-0.15, -0.1) is 11.8 Å². The molecule has 1 N–H and O–H groups in total. The lowest BCUT2D eigenvalue weighted by molar-refractivity contribution is -0.141. The first-order valence-electron chi connectivity index (χ1n) is 10.6. The number of benzene rings is 2. The molecular formula is C24H29Cl3N2O2S. The van der Waals surface area contributed by atoms with E-state index in [9.17, 15) is 9.59 Å². The second-order valence-electron chi connectivity index (χ2n) is 7.84. The molecule has 0 aromatic heterocycles. The van der Waals surface area contributed by atoms with Gasteiger partial charge in [0, 0.05) is 50.8 Å². The van der Waals surface area contributed by atoms with Gasteiger partial charge in [-0.1, -0.05) is 61.6 Å². The van der Waals surface area contributed by atoms with Gasteiger partial charge in [0.25, 0.3) is 0 Å². The smallest absolute Gasteiger partial charge is 0.242 e. The highest BCUT2D eigenvalue weighted by Gasteiger charge is 2.29. The summed E-state index contributed by atoms with van der Waals surface area (Å²) in [5.41, 5.74) is 0.643. The first-order chi connectivity index (χ1) is 15.2. The predicted octanol–water partition coefficient (Wildman–Crippen LogP) is 6.71. The molecule has 1 atom stereocenters. The van der Waals surface area contributed by atoms with Crippen LogP contribution < -0.4 is 5.32 Å². The van der Waals surface area contributed by atoms with E-state index in [0.717, 1.165) is 4.90 Å². The molecule has 0 spiro atoms. The molecule has 2 amide bonds. The minimum atomic E-state index is -0.603. The molecule has 2 rings (SSSR count). The quantitative estimate of drug-likeness (QED) is 0.338. The van der Waals surface area contributed by atoms with Crippen molar-refractivity contribution < 1.29 is 9.59 Å².